The average molecular weight is 300 g/mol. The van der Waals surface area contributed by atoms with Crippen molar-refractivity contribution < 1.29 is 4.79 Å². The molecule has 1 aromatic heterocycles. The topological polar surface area (TPSA) is 70.7 Å². The molecule has 1 heterocycles. The third-order valence-electron chi connectivity index (χ3n) is 2.85. The summed E-state index contributed by atoms with van der Waals surface area (Å²) in [6.07, 6.45) is 4.93. The van der Waals surface area contributed by atoms with Crippen molar-refractivity contribution in [2.24, 2.45) is 7.05 Å². The van der Waals surface area contributed by atoms with Crippen molar-refractivity contribution in [3.63, 3.8) is 0 Å². The second-order valence-electron chi connectivity index (χ2n) is 4.51. The van der Waals surface area contributed by atoms with Crippen molar-refractivity contribution in [1.29, 1.82) is 5.26 Å². The molecule has 0 atom stereocenters. The van der Waals surface area contributed by atoms with Gasteiger partial charge in [0.15, 0.2) is 5.16 Å². The third kappa shape index (κ3) is 4.65. The molecule has 0 saturated carbocycles. The number of aromatic nitrogens is 2. The van der Waals surface area contributed by atoms with Crippen LogP contribution in [0.5, 0.6) is 0 Å². The maximum atomic E-state index is 11.8. The molecule has 2 rings (SSSR count). The summed E-state index contributed by atoms with van der Waals surface area (Å²) in [5, 5.41) is 12.5. The summed E-state index contributed by atoms with van der Waals surface area (Å²) in [5.41, 5.74) is 1.30. The van der Waals surface area contributed by atoms with Gasteiger partial charge in [-0.15, -0.1) is 0 Å². The lowest BCUT2D eigenvalue weighted by atomic mass is 10.2. The zero-order valence-electron chi connectivity index (χ0n) is 11.7. The Morgan fingerprint density at radius 2 is 2.19 bits per heavy atom. The Hall–Kier alpha value is -2.26. The van der Waals surface area contributed by atoms with Gasteiger partial charge < -0.3 is 9.88 Å². The molecular formula is C15H16N4OS. The molecule has 5 nitrogen and oxygen atoms in total. The van der Waals surface area contributed by atoms with Gasteiger partial charge in [-0.2, -0.15) is 5.26 Å². The van der Waals surface area contributed by atoms with Crippen LogP contribution in [-0.4, -0.2) is 21.2 Å². The van der Waals surface area contributed by atoms with Gasteiger partial charge in [0.1, 0.15) is 0 Å². The molecule has 0 aliphatic heterocycles. The van der Waals surface area contributed by atoms with E-state index in [2.05, 4.69) is 10.3 Å². The van der Waals surface area contributed by atoms with Crippen LogP contribution in [0, 0.1) is 11.3 Å². The number of nitrogens with one attached hydrogen (secondary N) is 1. The number of hydrogen-bond donors (Lipinski definition) is 1. The minimum atomic E-state index is -0.0138. The Labute approximate surface area is 128 Å². The summed E-state index contributed by atoms with van der Waals surface area (Å²) in [7, 11) is 1.95. The van der Waals surface area contributed by atoms with E-state index in [-0.39, 0.29) is 5.91 Å². The largest absolute Gasteiger partial charge is 0.329 e. The molecule has 21 heavy (non-hydrogen) atoms. The normalized spacial score (nSPS) is 10.1. The van der Waals surface area contributed by atoms with Gasteiger partial charge >= 0.3 is 0 Å². The quantitative estimate of drug-likeness (QED) is 0.658. The number of carbonyl (C=O) groups is 1. The molecule has 2 aromatic rings. The average Bonchev–Trinajstić information content (AvgIpc) is 2.90. The molecule has 0 aliphatic carbocycles. The molecular weight excluding hydrogens is 284 g/mol. The second kappa shape index (κ2) is 7.50. The van der Waals surface area contributed by atoms with Crippen molar-refractivity contribution in [3.8, 4) is 6.07 Å². The number of nitrogens with zero attached hydrogens (tertiary/aromatic N) is 3. The molecule has 1 N–H and O–H groups in total. The van der Waals surface area contributed by atoms with E-state index in [0.29, 0.717) is 12.0 Å². The van der Waals surface area contributed by atoms with Gasteiger partial charge in [-0.25, -0.2) is 4.98 Å². The minimum absolute atomic E-state index is 0.0138. The molecule has 1 aromatic carbocycles. The van der Waals surface area contributed by atoms with Crippen molar-refractivity contribution in [1.82, 2.24) is 9.55 Å². The highest BCUT2D eigenvalue weighted by Gasteiger charge is 2.04. The monoisotopic (exact) mass is 300 g/mol. The first-order valence-electron chi connectivity index (χ1n) is 6.59. The summed E-state index contributed by atoms with van der Waals surface area (Å²) >= 11 is 1.64. The molecule has 0 unspecified atom stereocenters. The molecule has 0 bridgehead atoms. The van der Waals surface area contributed by atoms with E-state index >= 15 is 0 Å². The van der Waals surface area contributed by atoms with Crippen molar-refractivity contribution >= 4 is 23.4 Å². The number of rotatable bonds is 6. The molecule has 1 amide bonds. The number of anilines is 1. The van der Waals surface area contributed by atoms with Gasteiger partial charge in [0.05, 0.1) is 11.6 Å². The summed E-state index contributed by atoms with van der Waals surface area (Å²) in [6, 6.07) is 8.89. The maximum Gasteiger partial charge on any atom is 0.224 e. The lowest BCUT2D eigenvalue weighted by Gasteiger charge is -2.05. The molecule has 0 spiro atoms. The van der Waals surface area contributed by atoms with E-state index in [1.807, 2.05) is 23.9 Å². The van der Waals surface area contributed by atoms with Crippen LogP contribution < -0.4 is 5.32 Å². The van der Waals surface area contributed by atoms with Crippen LogP contribution in [0.3, 0.4) is 0 Å². The van der Waals surface area contributed by atoms with Crippen molar-refractivity contribution in [3.05, 3.63) is 42.2 Å². The first kappa shape index (κ1) is 15.1. The van der Waals surface area contributed by atoms with Crippen LogP contribution in [0.4, 0.5) is 5.69 Å². The summed E-state index contributed by atoms with van der Waals surface area (Å²) in [5.74, 6) is 0.839. The second-order valence-corrected chi connectivity index (χ2v) is 5.57. The summed E-state index contributed by atoms with van der Waals surface area (Å²) in [4.78, 5) is 16.0. The van der Waals surface area contributed by atoms with E-state index in [1.165, 1.54) is 0 Å². The van der Waals surface area contributed by atoms with Crippen LogP contribution in [0.1, 0.15) is 18.4 Å². The highest BCUT2D eigenvalue weighted by molar-refractivity contribution is 7.99. The number of hydrogen-bond acceptors (Lipinski definition) is 4. The predicted octanol–water partition coefficient (Wildman–Crippen LogP) is 2.80. The van der Waals surface area contributed by atoms with E-state index in [0.717, 1.165) is 23.0 Å². The Morgan fingerprint density at radius 1 is 1.43 bits per heavy atom. The highest BCUT2D eigenvalue weighted by Crippen LogP contribution is 2.16. The van der Waals surface area contributed by atoms with E-state index in [9.17, 15) is 4.79 Å². The number of benzene rings is 1. The van der Waals surface area contributed by atoms with E-state index in [1.54, 1.807) is 42.2 Å². The van der Waals surface area contributed by atoms with Crippen molar-refractivity contribution in [2.75, 3.05) is 11.1 Å². The van der Waals surface area contributed by atoms with Gasteiger partial charge in [-0.05, 0) is 30.7 Å². The fourth-order valence-electron chi connectivity index (χ4n) is 1.74. The molecule has 6 heteroatoms. The first-order valence-corrected chi connectivity index (χ1v) is 7.58. The molecule has 0 saturated heterocycles. The lowest BCUT2D eigenvalue weighted by molar-refractivity contribution is -0.116. The maximum absolute atomic E-state index is 11.8. The van der Waals surface area contributed by atoms with E-state index in [4.69, 9.17) is 5.26 Å². The number of aryl methyl sites for hydroxylation is 1. The fraction of sp³-hybridized carbons (Fsp3) is 0.267. The SMILES string of the molecule is Cn1ccnc1SCCCC(=O)Nc1ccc(C#N)cc1. The van der Waals surface area contributed by atoms with Crippen LogP contribution in [-0.2, 0) is 11.8 Å². The van der Waals surface area contributed by atoms with Crippen LogP contribution >= 0.6 is 11.8 Å². The van der Waals surface area contributed by atoms with Gasteiger partial charge in [-0.3, -0.25) is 4.79 Å². The molecule has 0 fully saturated rings. The highest BCUT2D eigenvalue weighted by atomic mass is 32.2. The number of nitriles is 1. The zero-order chi connectivity index (χ0) is 15.1. The Bertz CT molecular complexity index is 642. The van der Waals surface area contributed by atoms with Gasteiger partial charge in [-0.1, -0.05) is 11.8 Å². The van der Waals surface area contributed by atoms with Crippen LogP contribution in [0.2, 0.25) is 0 Å². The number of imidazole rings is 1. The lowest BCUT2D eigenvalue weighted by Crippen LogP contribution is -2.11. The standard InChI is InChI=1S/C15H16N4OS/c1-19-9-8-17-15(19)21-10-2-3-14(20)18-13-6-4-12(11-16)5-7-13/h4-9H,2-3,10H2,1H3,(H,18,20). The Kier molecular flexibility index (Phi) is 5.41. The number of carbonyl (C=O) groups excluding carboxylic acids is 1. The smallest absolute Gasteiger partial charge is 0.224 e. The van der Waals surface area contributed by atoms with Gasteiger partial charge in [0.2, 0.25) is 5.91 Å². The molecule has 108 valence electrons. The Morgan fingerprint density at radius 3 is 2.81 bits per heavy atom. The minimum Gasteiger partial charge on any atom is -0.329 e. The summed E-state index contributed by atoms with van der Waals surface area (Å²) in [6.45, 7) is 0. The van der Waals surface area contributed by atoms with Gasteiger partial charge in [0, 0.05) is 37.3 Å². The first-order chi connectivity index (χ1) is 10.2. The summed E-state index contributed by atoms with van der Waals surface area (Å²) < 4.78 is 1.96. The van der Waals surface area contributed by atoms with E-state index < -0.39 is 0 Å². The third-order valence-corrected chi connectivity index (χ3v) is 4.00. The Balaban J connectivity index is 1.70. The van der Waals surface area contributed by atoms with Crippen LogP contribution in [0.25, 0.3) is 0 Å². The molecule has 0 aliphatic rings. The predicted molar refractivity (Wildman–Crippen MR) is 83.0 cm³/mol. The zero-order valence-corrected chi connectivity index (χ0v) is 12.6. The van der Waals surface area contributed by atoms with Crippen LogP contribution in [0.15, 0.2) is 41.8 Å². The van der Waals surface area contributed by atoms with Gasteiger partial charge in [0.25, 0.3) is 0 Å². The molecule has 0 radical (unpaired) electrons. The number of thioether (sulfide) groups is 1. The fourth-order valence-corrected chi connectivity index (χ4v) is 2.61. The number of amides is 1. The van der Waals surface area contributed by atoms with Crippen molar-refractivity contribution in [2.45, 2.75) is 18.0 Å².